The van der Waals surface area contributed by atoms with E-state index in [1.54, 1.807) is 0 Å². The Morgan fingerprint density at radius 2 is 1.03 bits per heavy atom. The Bertz CT molecular complexity index is 1340. The molecule has 0 aliphatic heterocycles. The fourth-order valence-corrected chi connectivity index (χ4v) is 4.76. The molecule has 10 nitrogen and oxygen atoms in total. The first-order valence-electron chi connectivity index (χ1n) is 8.44. The number of nitrogens with one attached hydrogen (secondary N) is 2. The minimum Gasteiger partial charge on any atom is -0.542 e. The molecule has 4 heterocycles. The number of fused-ring (bicyclic) bond motifs is 2. The summed E-state index contributed by atoms with van der Waals surface area (Å²) in [6.45, 7) is 7.34. The number of aromatic carboxylic acids is 2. The van der Waals surface area contributed by atoms with E-state index in [2.05, 4.69) is 19.9 Å². The molecule has 4 aromatic rings. The van der Waals surface area contributed by atoms with Gasteiger partial charge in [-0.3, -0.25) is 9.59 Å². The molecule has 0 radical (unpaired) electrons. The van der Waals surface area contributed by atoms with Crippen molar-refractivity contribution in [2.24, 2.45) is 0 Å². The van der Waals surface area contributed by atoms with Gasteiger partial charge in [-0.25, -0.2) is 9.97 Å². The van der Waals surface area contributed by atoms with Crippen LogP contribution in [-0.2, 0) is 0 Å². The number of nitrogens with zero attached hydrogens (tertiary/aromatic N) is 2. The van der Waals surface area contributed by atoms with Crippen LogP contribution in [0.25, 0.3) is 20.4 Å². The Hall–Kier alpha value is -1.38. The van der Waals surface area contributed by atoms with Gasteiger partial charge in [0.05, 0.1) is 10.8 Å². The first-order chi connectivity index (χ1) is 14.0. The van der Waals surface area contributed by atoms with Crippen LogP contribution >= 0.6 is 22.7 Å². The summed E-state index contributed by atoms with van der Waals surface area (Å²) in [5.41, 5.74) is 0.824. The molecule has 0 atom stereocenters. The van der Waals surface area contributed by atoms with E-state index in [0.29, 0.717) is 20.4 Å². The van der Waals surface area contributed by atoms with E-state index in [1.807, 2.05) is 27.7 Å². The van der Waals surface area contributed by atoms with Gasteiger partial charge in [0.1, 0.15) is 21.6 Å². The molecule has 14 heteroatoms. The average molecular weight is 492 g/mol. The zero-order valence-corrected chi connectivity index (χ0v) is 23.8. The standard InChI is InChI=1S/2C9H8N2O3S.2Na/c2*1-3-4(2)15-8-5(3)7(12)10-6(11-8)9(13)14;;/h2*1-2H3,(H,13,14)(H,10,11,12);;/q;;2*+1/p-2. The Labute approximate surface area is 232 Å². The molecule has 0 unspecified atom stereocenters. The third-order valence-corrected chi connectivity index (χ3v) is 6.67. The maximum Gasteiger partial charge on any atom is 1.00 e. The number of aromatic nitrogens is 4. The Morgan fingerprint density at radius 3 is 1.31 bits per heavy atom. The van der Waals surface area contributed by atoms with Crippen LogP contribution in [0, 0.1) is 27.7 Å². The van der Waals surface area contributed by atoms with Crippen LogP contribution in [0.4, 0.5) is 0 Å². The number of rotatable bonds is 2. The van der Waals surface area contributed by atoms with E-state index in [4.69, 9.17) is 0 Å². The van der Waals surface area contributed by atoms with Gasteiger partial charge < -0.3 is 29.8 Å². The third-order valence-electron chi connectivity index (χ3n) is 4.46. The van der Waals surface area contributed by atoms with E-state index in [0.717, 1.165) is 20.9 Å². The van der Waals surface area contributed by atoms with Crippen LogP contribution in [0.5, 0.6) is 0 Å². The topological polar surface area (TPSA) is 172 Å². The summed E-state index contributed by atoms with van der Waals surface area (Å²) in [7, 11) is 0. The minimum atomic E-state index is -1.47. The van der Waals surface area contributed by atoms with Crippen molar-refractivity contribution in [1.82, 2.24) is 19.9 Å². The van der Waals surface area contributed by atoms with Gasteiger partial charge in [0.2, 0.25) is 0 Å². The Morgan fingerprint density at radius 1 is 0.719 bits per heavy atom. The van der Waals surface area contributed by atoms with Crippen LogP contribution in [0.3, 0.4) is 0 Å². The fraction of sp³-hybridized carbons (Fsp3) is 0.222. The minimum absolute atomic E-state index is 0. The molecule has 0 amide bonds. The van der Waals surface area contributed by atoms with Crippen LogP contribution in [0.2, 0.25) is 0 Å². The van der Waals surface area contributed by atoms with Gasteiger partial charge in [0, 0.05) is 9.75 Å². The zero-order chi connectivity index (χ0) is 22.3. The Kier molecular flexibility index (Phi) is 10.00. The van der Waals surface area contributed by atoms with Crippen molar-refractivity contribution < 1.29 is 78.9 Å². The summed E-state index contributed by atoms with van der Waals surface area (Å²) in [4.78, 5) is 59.0. The van der Waals surface area contributed by atoms with Crippen LogP contribution in [-0.4, -0.2) is 31.9 Å². The van der Waals surface area contributed by atoms with Crippen LogP contribution in [0.15, 0.2) is 9.59 Å². The molecule has 0 saturated heterocycles. The predicted octanol–water partition coefficient (Wildman–Crippen LogP) is -6.06. The van der Waals surface area contributed by atoms with Crippen LogP contribution < -0.4 is 80.4 Å². The number of hydrogen-bond acceptors (Lipinski definition) is 10. The Balaban J connectivity index is 0.000000301. The normalized spacial score (nSPS) is 10.1. The quantitative estimate of drug-likeness (QED) is 0.260. The molecule has 0 aliphatic rings. The number of carboxylic acid groups (broad SMARTS) is 2. The molecule has 0 aliphatic carbocycles. The van der Waals surface area contributed by atoms with E-state index in [-0.39, 0.29) is 59.1 Å². The SMILES string of the molecule is Cc1sc2nc(C(=O)[O-])[nH]c(=O)c2c1C.Cc1sc2nc(C(=O)[O-])[nH]c(=O)c2c1C.[Na+].[Na+]. The predicted molar refractivity (Wildman–Crippen MR) is 108 cm³/mol. The van der Waals surface area contributed by atoms with Crippen molar-refractivity contribution in [3.63, 3.8) is 0 Å². The van der Waals surface area contributed by atoms with Crippen molar-refractivity contribution in [2.45, 2.75) is 27.7 Å². The summed E-state index contributed by atoms with van der Waals surface area (Å²) < 4.78 is 0. The summed E-state index contributed by atoms with van der Waals surface area (Å²) in [5, 5.41) is 22.0. The summed E-state index contributed by atoms with van der Waals surface area (Å²) in [6, 6.07) is 0. The molecule has 0 bridgehead atoms. The van der Waals surface area contributed by atoms with Gasteiger partial charge in [-0.1, -0.05) is 0 Å². The molecule has 4 aromatic heterocycles. The average Bonchev–Trinajstić information content (AvgIpc) is 3.11. The van der Waals surface area contributed by atoms with Gasteiger partial charge >= 0.3 is 59.1 Å². The maximum absolute atomic E-state index is 11.6. The molecule has 32 heavy (non-hydrogen) atoms. The van der Waals surface area contributed by atoms with Gasteiger partial charge in [-0.15, -0.1) is 22.7 Å². The number of hydrogen-bond donors (Lipinski definition) is 2. The van der Waals surface area contributed by atoms with Gasteiger partial charge in [0.15, 0.2) is 11.6 Å². The first-order valence-corrected chi connectivity index (χ1v) is 10.1. The molecular formula is C18H14N4Na2O6S2. The number of carbonyl (C=O) groups is 2. The number of thiophene rings is 2. The second-order valence-electron chi connectivity index (χ2n) is 6.33. The van der Waals surface area contributed by atoms with Crippen LogP contribution in [0.1, 0.15) is 42.1 Å². The van der Waals surface area contributed by atoms with Gasteiger partial charge in [-0.05, 0) is 38.8 Å². The third kappa shape index (κ3) is 5.57. The molecule has 0 spiro atoms. The van der Waals surface area contributed by atoms with Crippen molar-refractivity contribution in [2.75, 3.05) is 0 Å². The molecule has 2 N–H and O–H groups in total. The number of H-pyrrole nitrogens is 2. The van der Waals surface area contributed by atoms with Crippen molar-refractivity contribution in [3.8, 4) is 0 Å². The maximum atomic E-state index is 11.6. The molecule has 156 valence electrons. The monoisotopic (exact) mass is 492 g/mol. The van der Waals surface area contributed by atoms with Crippen molar-refractivity contribution in [1.29, 1.82) is 0 Å². The molecule has 0 saturated carbocycles. The molecular weight excluding hydrogens is 478 g/mol. The zero-order valence-electron chi connectivity index (χ0n) is 18.2. The van der Waals surface area contributed by atoms with Gasteiger partial charge in [0.25, 0.3) is 11.1 Å². The number of aromatic amines is 2. The number of carbonyl (C=O) groups excluding carboxylic acids is 2. The summed E-state index contributed by atoms with van der Waals surface area (Å²) >= 11 is 2.60. The first kappa shape index (κ1) is 28.7. The largest absolute Gasteiger partial charge is 1.00 e. The molecule has 0 fully saturated rings. The smallest absolute Gasteiger partial charge is 0.542 e. The summed E-state index contributed by atoms with van der Waals surface area (Å²) in [6.07, 6.45) is 0. The van der Waals surface area contributed by atoms with Gasteiger partial charge in [-0.2, -0.15) is 0 Å². The number of carboxylic acids is 2. The molecule has 0 aromatic carbocycles. The molecule has 4 rings (SSSR count). The second kappa shape index (κ2) is 11.2. The van der Waals surface area contributed by atoms with E-state index >= 15 is 0 Å². The van der Waals surface area contributed by atoms with E-state index in [9.17, 15) is 29.4 Å². The van der Waals surface area contributed by atoms with Crippen molar-refractivity contribution in [3.05, 3.63) is 53.2 Å². The van der Waals surface area contributed by atoms with E-state index in [1.165, 1.54) is 22.7 Å². The summed E-state index contributed by atoms with van der Waals surface area (Å²) in [5.74, 6) is -3.79. The van der Waals surface area contributed by atoms with Crippen molar-refractivity contribution >= 4 is 55.0 Å². The number of aryl methyl sites for hydroxylation is 4. The fourth-order valence-electron chi connectivity index (χ4n) is 2.70. The van der Waals surface area contributed by atoms with E-state index < -0.39 is 34.7 Å². The second-order valence-corrected chi connectivity index (χ2v) is 8.74.